The molecule has 2 heterocycles. The van der Waals surface area contributed by atoms with Gasteiger partial charge in [-0.15, -0.1) is 0 Å². The van der Waals surface area contributed by atoms with Crippen molar-refractivity contribution in [1.29, 1.82) is 0 Å². The van der Waals surface area contributed by atoms with Crippen LogP contribution in [0.4, 0.5) is 15.9 Å². The molecule has 0 spiro atoms. The molecule has 116 valence electrons. The van der Waals surface area contributed by atoms with Crippen molar-refractivity contribution < 1.29 is 9.50 Å². The van der Waals surface area contributed by atoms with Crippen LogP contribution in [-0.4, -0.2) is 29.4 Å². The zero-order valence-electron chi connectivity index (χ0n) is 12.8. The number of aromatic nitrogens is 1. The van der Waals surface area contributed by atoms with Crippen molar-refractivity contribution in [3.63, 3.8) is 0 Å². The Hall–Kier alpha value is -2.14. The van der Waals surface area contributed by atoms with Crippen LogP contribution in [0, 0.1) is 12.7 Å². The van der Waals surface area contributed by atoms with Crippen LogP contribution in [0.2, 0.25) is 0 Å². The topological polar surface area (TPSA) is 48.4 Å². The molecule has 2 N–H and O–H groups in total. The van der Waals surface area contributed by atoms with Crippen LogP contribution in [0.15, 0.2) is 30.5 Å². The number of nitrogens with one attached hydrogen (secondary N) is 1. The number of aliphatic hydroxyl groups is 1. The minimum absolute atomic E-state index is 0.202. The molecule has 1 aromatic heterocycles. The van der Waals surface area contributed by atoms with Crippen molar-refractivity contribution in [3.8, 4) is 11.1 Å². The highest BCUT2D eigenvalue weighted by molar-refractivity contribution is 5.77. The van der Waals surface area contributed by atoms with Gasteiger partial charge in [-0.2, -0.15) is 0 Å². The quantitative estimate of drug-likeness (QED) is 0.911. The van der Waals surface area contributed by atoms with Crippen LogP contribution in [0.5, 0.6) is 0 Å². The predicted octanol–water partition coefficient (Wildman–Crippen LogP) is 3.16. The first-order valence-corrected chi connectivity index (χ1v) is 7.52. The summed E-state index contributed by atoms with van der Waals surface area (Å²) in [5.74, 6) is 0.623. The number of fused-ring (bicyclic) bond motifs is 1. The lowest BCUT2D eigenvalue weighted by Gasteiger charge is -2.21. The van der Waals surface area contributed by atoms with Gasteiger partial charge in [-0.1, -0.05) is 13.0 Å². The lowest BCUT2D eigenvalue weighted by atomic mass is 10.0. The monoisotopic (exact) mass is 301 g/mol. The largest absolute Gasteiger partial charge is 0.391 e. The molecule has 1 atom stereocenters. The van der Waals surface area contributed by atoms with Gasteiger partial charge >= 0.3 is 0 Å². The summed E-state index contributed by atoms with van der Waals surface area (Å²) >= 11 is 0. The zero-order valence-corrected chi connectivity index (χ0v) is 12.8. The van der Waals surface area contributed by atoms with Gasteiger partial charge in [0.25, 0.3) is 0 Å². The van der Waals surface area contributed by atoms with E-state index in [2.05, 4.69) is 15.2 Å². The molecule has 22 heavy (non-hydrogen) atoms. The molecule has 0 fully saturated rings. The van der Waals surface area contributed by atoms with E-state index in [4.69, 9.17) is 0 Å². The van der Waals surface area contributed by atoms with E-state index < -0.39 is 0 Å². The Kier molecular flexibility index (Phi) is 3.98. The minimum Gasteiger partial charge on any atom is -0.391 e. The summed E-state index contributed by atoms with van der Waals surface area (Å²) in [6.07, 6.45) is 2.15. The molecule has 2 aromatic rings. The zero-order chi connectivity index (χ0) is 15.7. The van der Waals surface area contributed by atoms with E-state index in [1.807, 2.05) is 19.1 Å². The summed E-state index contributed by atoms with van der Waals surface area (Å²) in [5.41, 5.74) is 3.49. The van der Waals surface area contributed by atoms with Crippen LogP contribution in [0.3, 0.4) is 0 Å². The van der Waals surface area contributed by atoms with E-state index in [9.17, 15) is 9.50 Å². The van der Waals surface area contributed by atoms with Gasteiger partial charge in [-0.25, -0.2) is 9.37 Å². The van der Waals surface area contributed by atoms with Gasteiger partial charge in [0, 0.05) is 18.3 Å². The maximum absolute atomic E-state index is 13.4. The van der Waals surface area contributed by atoms with Crippen molar-refractivity contribution in [2.24, 2.45) is 0 Å². The molecule has 4 nitrogen and oxygen atoms in total. The number of aliphatic hydroxyl groups excluding tert-OH is 1. The number of β-amino-alcohol motifs (C(OH)–C–C–N with tert-alkyl or cyclic N) is 1. The molecule has 1 aromatic carbocycles. The number of hydrogen-bond donors (Lipinski definition) is 2. The Labute approximate surface area is 129 Å². The molecular formula is C17H20FN3O. The highest BCUT2D eigenvalue weighted by Crippen LogP contribution is 2.33. The molecule has 1 aliphatic rings. The third-order valence-electron chi connectivity index (χ3n) is 4.04. The van der Waals surface area contributed by atoms with Crippen LogP contribution in [0.25, 0.3) is 11.1 Å². The fraction of sp³-hybridized carbons (Fsp3) is 0.353. The van der Waals surface area contributed by atoms with E-state index in [0.717, 1.165) is 29.1 Å². The molecule has 0 saturated carbocycles. The van der Waals surface area contributed by atoms with Gasteiger partial charge in [-0.05, 0) is 42.7 Å². The standard InChI is InChI=1S/C17H20FN3O/c1-3-14(22)9-21-10-20-17-16(21)7-13(8-19-17)12-4-5-15(18)11(2)6-12/h4-8,14,22H,3,9-10H2,1-2H3,(H,19,20)/t14-/m1/s1. The Morgan fingerprint density at radius 3 is 2.91 bits per heavy atom. The van der Waals surface area contributed by atoms with Crippen LogP contribution < -0.4 is 10.2 Å². The van der Waals surface area contributed by atoms with Crippen LogP contribution in [-0.2, 0) is 0 Å². The SMILES string of the molecule is CC[C@@H](O)CN1CNc2ncc(-c3ccc(F)c(C)c3)cc21. The second-order valence-corrected chi connectivity index (χ2v) is 5.68. The van der Waals surface area contributed by atoms with Crippen molar-refractivity contribution in [3.05, 3.63) is 41.8 Å². The molecular weight excluding hydrogens is 281 g/mol. The third-order valence-corrected chi connectivity index (χ3v) is 4.04. The second kappa shape index (κ2) is 5.93. The number of pyridine rings is 1. The van der Waals surface area contributed by atoms with Gasteiger partial charge < -0.3 is 15.3 Å². The normalized spacial score (nSPS) is 14.6. The molecule has 0 radical (unpaired) electrons. The third kappa shape index (κ3) is 2.76. The summed E-state index contributed by atoms with van der Waals surface area (Å²) in [7, 11) is 0. The number of aryl methyl sites for hydroxylation is 1. The maximum Gasteiger partial charge on any atom is 0.151 e. The van der Waals surface area contributed by atoms with E-state index in [-0.39, 0.29) is 11.9 Å². The van der Waals surface area contributed by atoms with E-state index >= 15 is 0 Å². The molecule has 0 amide bonds. The number of benzene rings is 1. The van der Waals surface area contributed by atoms with E-state index in [1.54, 1.807) is 19.2 Å². The van der Waals surface area contributed by atoms with Gasteiger partial charge in [-0.3, -0.25) is 0 Å². The Bertz CT molecular complexity index is 690. The highest BCUT2D eigenvalue weighted by Gasteiger charge is 2.22. The average molecular weight is 301 g/mol. The fourth-order valence-corrected chi connectivity index (χ4v) is 2.61. The van der Waals surface area contributed by atoms with Crippen molar-refractivity contribution >= 4 is 11.5 Å². The second-order valence-electron chi connectivity index (χ2n) is 5.68. The van der Waals surface area contributed by atoms with Gasteiger partial charge in [0.05, 0.1) is 18.5 Å². The van der Waals surface area contributed by atoms with Crippen LogP contribution >= 0.6 is 0 Å². The van der Waals surface area contributed by atoms with Crippen LogP contribution in [0.1, 0.15) is 18.9 Å². The van der Waals surface area contributed by atoms with Crippen molar-refractivity contribution in [1.82, 2.24) is 4.98 Å². The Balaban J connectivity index is 1.92. The summed E-state index contributed by atoms with van der Waals surface area (Å²) in [6, 6.07) is 7.11. The summed E-state index contributed by atoms with van der Waals surface area (Å²) in [4.78, 5) is 6.52. The van der Waals surface area contributed by atoms with E-state index in [1.165, 1.54) is 6.07 Å². The number of rotatable bonds is 4. The highest BCUT2D eigenvalue weighted by atomic mass is 19.1. The van der Waals surface area contributed by atoms with Crippen molar-refractivity contribution in [2.75, 3.05) is 23.4 Å². The minimum atomic E-state index is -0.357. The summed E-state index contributed by atoms with van der Waals surface area (Å²) in [5, 5.41) is 13.1. The molecule has 0 aliphatic carbocycles. The smallest absolute Gasteiger partial charge is 0.151 e. The summed E-state index contributed by atoms with van der Waals surface area (Å²) in [6.45, 7) is 4.94. The Morgan fingerprint density at radius 1 is 1.36 bits per heavy atom. The lowest BCUT2D eigenvalue weighted by molar-refractivity contribution is 0.176. The molecule has 0 saturated heterocycles. The fourth-order valence-electron chi connectivity index (χ4n) is 2.61. The lowest BCUT2D eigenvalue weighted by Crippen LogP contribution is -2.31. The molecule has 5 heteroatoms. The van der Waals surface area contributed by atoms with Gasteiger partial charge in [0.2, 0.25) is 0 Å². The van der Waals surface area contributed by atoms with E-state index in [0.29, 0.717) is 18.8 Å². The molecule has 0 bridgehead atoms. The summed E-state index contributed by atoms with van der Waals surface area (Å²) < 4.78 is 13.4. The number of nitrogens with zero attached hydrogens (tertiary/aromatic N) is 2. The molecule has 0 unspecified atom stereocenters. The first kappa shape index (κ1) is 14.8. The average Bonchev–Trinajstić information content (AvgIpc) is 2.92. The number of hydrogen-bond acceptors (Lipinski definition) is 4. The first-order valence-electron chi connectivity index (χ1n) is 7.52. The maximum atomic E-state index is 13.4. The van der Waals surface area contributed by atoms with Gasteiger partial charge in [0.1, 0.15) is 5.82 Å². The van der Waals surface area contributed by atoms with Gasteiger partial charge in [0.15, 0.2) is 5.82 Å². The predicted molar refractivity (Wildman–Crippen MR) is 86.5 cm³/mol. The van der Waals surface area contributed by atoms with Crippen molar-refractivity contribution in [2.45, 2.75) is 26.4 Å². The molecule has 1 aliphatic heterocycles. The number of anilines is 2. The number of halogens is 1. The Morgan fingerprint density at radius 2 is 2.18 bits per heavy atom. The first-order chi connectivity index (χ1) is 10.6. The molecule has 3 rings (SSSR count).